The first-order valence-electron chi connectivity index (χ1n) is 5.51. The highest BCUT2D eigenvalue weighted by atomic mass is 79.9. The number of carbonyl (C=O) groups excluding carboxylic acids is 1. The molecule has 1 amide bonds. The molecule has 1 aliphatic rings. The molecule has 0 aliphatic carbocycles. The SMILES string of the molecule is CC1CN(C(=O)OC(C)(C)C)C[C@@H](CBr)O1. The quantitative estimate of drug-likeness (QED) is 0.697. The minimum absolute atomic E-state index is 0.0521. The lowest BCUT2D eigenvalue weighted by Gasteiger charge is -2.36. The Bertz CT molecular complexity index is 252. The molecule has 1 aliphatic heterocycles. The van der Waals surface area contributed by atoms with Gasteiger partial charge in [-0.05, 0) is 27.7 Å². The molecule has 2 atom stereocenters. The summed E-state index contributed by atoms with van der Waals surface area (Å²) in [5.74, 6) is 0. The third-order valence-corrected chi connectivity index (χ3v) is 2.87. The van der Waals surface area contributed by atoms with Gasteiger partial charge in [0, 0.05) is 5.33 Å². The molecule has 0 radical (unpaired) electrons. The molecular formula is C11H20BrNO3. The molecule has 1 rings (SSSR count). The van der Waals surface area contributed by atoms with Crippen LogP contribution in [0.1, 0.15) is 27.7 Å². The van der Waals surface area contributed by atoms with Crippen molar-refractivity contribution in [2.45, 2.75) is 45.5 Å². The first kappa shape index (κ1) is 13.8. The maximum atomic E-state index is 11.9. The molecule has 5 heteroatoms. The van der Waals surface area contributed by atoms with E-state index in [9.17, 15) is 4.79 Å². The van der Waals surface area contributed by atoms with Crippen LogP contribution in [0.5, 0.6) is 0 Å². The maximum absolute atomic E-state index is 11.9. The van der Waals surface area contributed by atoms with Crippen molar-refractivity contribution in [3.63, 3.8) is 0 Å². The van der Waals surface area contributed by atoms with Gasteiger partial charge in [0.2, 0.25) is 0 Å². The number of nitrogens with zero attached hydrogens (tertiary/aromatic N) is 1. The van der Waals surface area contributed by atoms with Gasteiger partial charge >= 0.3 is 6.09 Å². The van der Waals surface area contributed by atoms with Gasteiger partial charge in [0.1, 0.15) is 5.60 Å². The zero-order chi connectivity index (χ0) is 12.3. The lowest BCUT2D eigenvalue weighted by atomic mass is 10.2. The fourth-order valence-corrected chi connectivity index (χ4v) is 1.96. The second-order valence-electron chi connectivity index (χ2n) is 5.11. The number of morpholine rings is 1. The number of halogens is 1. The minimum atomic E-state index is -0.442. The van der Waals surface area contributed by atoms with Gasteiger partial charge in [-0.1, -0.05) is 15.9 Å². The Hall–Kier alpha value is -0.290. The Morgan fingerprint density at radius 1 is 1.50 bits per heavy atom. The van der Waals surface area contributed by atoms with E-state index in [2.05, 4.69) is 15.9 Å². The molecule has 1 heterocycles. The van der Waals surface area contributed by atoms with Crippen LogP contribution in [0.25, 0.3) is 0 Å². The Morgan fingerprint density at radius 3 is 2.62 bits per heavy atom. The summed E-state index contributed by atoms with van der Waals surface area (Å²) in [6, 6.07) is 0. The van der Waals surface area contributed by atoms with Crippen molar-refractivity contribution in [1.82, 2.24) is 4.90 Å². The normalized spacial score (nSPS) is 26.7. The second kappa shape index (κ2) is 5.36. The highest BCUT2D eigenvalue weighted by molar-refractivity contribution is 9.09. The van der Waals surface area contributed by atoms with Gasteiger partial charge in [-0.25, -0.2) is 4.79 Å². The van der Waals surface area contributed by atoms with E-state index in [0.29, 0.717) is 13.1 Å². The molecule has 1 fully saturated rings. The van der Waals surface area contributed by atoms with Gasteiger partial charge in [0.05, 0.1) is 25.3 Å². The number of amides is 1. The molecule has 0 saturated carbocycles. The predicted octanol–water partition coefficient (Wildman–Crippen LogP) is 2.41. The Morgan fingerprint density at radius 2 is 2.12 bits per heavy atom. The van der Waals surface area contributed by atoms with E-state index >= 15 is 0 Å². The Kier molecular flexibility index (Phi) is 4.62. The van der Waals surface area contributed by atoms with Gasteiger partial charge in [0.15, 0.2) is 0 Å². The molecular weight excluding hydrogens is 274 g/mol. The summed E-state index contributed by atoms with van der Waals surface area (Å²) in [5, 5.41) is 0.733. The highest BCUT2D eigenvalue weighted by Crippen LogP contribution is 2.16. The molecule has 16 heavy (non-hydrogen) atoms. The van der Waals surface area contributed by atoms with Crippen LogP contribution in [0.2, 0.25) is 0 Å². The van der Waals surface area contributed by atoms with E-state index in [0.717, 1.165) is 5.33 Å². The fraction of sp³-hybridized carbons (Fsp3) is 0.909. The molecule has 4 nitrogen and oxygen atoms in total. The monoisotopic (exact) mass is 293 g/mol. The van der Waals surface area contributed by atoms with Crippen molar-refractivity contribution in [2.24, 2.45) is 0 Å². The van der Waals surface area contributed by atoms with Gasteiger partial charge < -0.3 is 14.4 Å². The van der Waals surface area contributed by atoms with Crippen LogP contribution in [-0.2, 0) is 9.47 Å². The van der Waals surface area contributed by atoms with E-state index in [4.69, 9.17) is 9.47 Å². The largest absolute Gasteiger partial charge is 0.444 e. The first-order chi connectivity index (χ1) is 7.31. The maximum Gasteiger partial charge on any atom is 0.410 e. The van der Waals surface area contributed by atoms with Crippen molar-refractivity contribution in [3.8, 4) is 0 Å². The smallest absolute Gasteiger partial charge is 0.410 e. The number of hydrogen-bond donors (Lipinski definition) is 0. The number of hydrogen-bond acceptors (Lipinski definition) is 3. The molecule has 1 saturated heterocycles. The second-order valence-corrected chi connectivity index (χ2v) is 5.76. The van der Waals surface area contributed by atoms with E-state index < -0.39 is 5.60 Å². The van der Waals surface area contributed by atoms with Crippen LogP contribution in [-0.4, -0.2) is 47.2 Å². The fourth-order valence-electron chi connectivity index (χ4n) is 1.61. The molecule has 0 aromatic carbocycles. The van der Waals surface area contributed by atoms with E-state index in [1.807, 2.05) is 27.7 Å². The Labute approximate surface area is 105 Å². The third kappa shape index (κ3) is 4.29. The summed E-state index contributed by atoms with van der Waals surface area (Å²) in [7, 11) is 0. The summed E-state index contributed by atoms with van der Waals surface area (Å²) in [6.45, 7) is 8.76. The summed E-state index contributed by atoms with van der Waals surface area (Å²) < 4.78 is 11.0. The van der Waals surface area contributed by atoms with Crippen LogP contribution < -0.4 is 0 Å². The molecule has 0 aromatic heterocycles. The summed E-state index contributed by atoms with van der Waals surface area (Å²) in [4.78, 5) is 13.6. The molecule has 0 bridgehead atoms. The van der Waals surface area contributed by atoms with Crippen LogP contribution in [0.15, 0.2) is 0 Å². The average molecular weight is 294 g/mol. The van der Waals surface area contributed by atoms with E-state index in [1.165, 1.54) is 0 Å². The van der Waals surface area contributed by atoms with Crippen LogP contribution in [0.4, 0.5) is 4.79 Å². The van der Waals surface area contributed by atoms with Crippen LogP contribution >= 0.6 is 15.9 Å². The number of rotatable bonds is 1. The minimum Gasteiger partial charge on any atom is -0.444 e. The van der Waals surface area contributed by atoms with E-state index in [1.54, 1.807) is 4.90 Å². The molecule has 0 N–H and O–H groups in total. The summed E-state index contributed by atoms with van der Waals surface area (Å²) >= 11 is 3.37. The van der Waals surface area contributed by atoms with Crippen molar-refractivity contribution >= 4 is 22.0 Å². The standard InChI is InChI=1S/C11H20BrNO3/c1-8-6-13(7-9(5-12)15-8)10(14)16-11(2,3)4/h8-9H,5-7H2,1-4H3/t8?,9-/m1/s1. The van der Waals surface area contributed by atoms with E-state index in [-0.39, 0.29) is 18.3 Å². The number of ether oxygens (including phenoxy) is 2. The molecule has 1 unspecified atom stereocenters. The van der Waals surface area contributed by atoms with Crippen molar-refractivity contribution in [1.29, 1.82) is 0 Å². The van der Waals surface area contributed by atoms with Gasteiger partial charge in [0.25, 0.3) is 0 Å². The van der Waals surface area contributed by atoms with Crippen LogP contribution in [0.3, 0.4) is 0 Å². The van der Waals surface area contributed by atoms with Gasteiger partial charge in [-0.2, -0.15) is 0 Å². The summed E-state index contributed by atoms with van der Waals surface area (Å²) in [5.41, 5.74) is -0.442. The van der Waals surface area contributed by atoms with Gasteiger partial charge in [-0.15, -0.1) is 0 Å². The van der Waals surface area contributed by atoms with Crippen molar-refractivity contribution < 1.29 is 14.3 Å². The molecule has 0 spiro atoms. The summed E-state index contributed by atoms with van der Waals surface area (Å²) in [6.07, 6.45) is -0.145. The number of carbonyl (C=O) groups is 1. The first-order valence-corrected chi connectivity index (χ1v) is 6.63. The molecule has 94 valence electrons. The van der Waals surface area contributed by atoms with Gasteiger partial charge in [-0.3, -0.25) is 0 Å². The molecule has 0 aromatic rings. The number of alkyl halides is 1. The van der Waals surface area contributed by atoms with Crippen LogP contribution in [0, 0.1) is 0 Å². The zero-order valence-electron chi connectivity index (χ0n) is 10.3. The van der Waals surface area contributed by atoms with Crippen molar-refractivity contribution in [3.05, 3.63) is 0 Å². The topological polar surface area (TPSA) is 38.8 Å². The average Bonchev–Trinajstić information content (AvgIpc) is 2.14. The third-order valence-electron chi connectivity index (χ3n) is 2.15. The Balaban J connectivity index is 2.55. The lowest BCUT2D eigenvalue weighted by molar-refractivity contribution is -0.0702. The zero-order valence-corrected chi connectivity index (χ0v) is 11.9. The lowest BCUT2D eigenvalue weighted by Crippen LogP contribution is -2.51. The predicted molar refractivity (Wildman–Crippen MR) is 65.9 cm³/mol. The van der Waals surface area contributed by atoms with Crippen molar-refractivity contribution in [2.75, 3.05) is 18.4 Å². The highest BCUT2D eigenvalue weighted by Gasteiger charge is 2.30.